The van der Waals surface area contributed by atoms with Crippen molar-refractivity contribution in [1.82, 2.24) is 4.98 Å². The predicted octanol–water partition coefficient (Wildman–Crippen LogP) is 3.02. The Kier molecular flexibility index (Phi) is 5.65. The minimum atomic E-state index is -0.419. The summed E-state index contributed by atoms with van der Waals surface area (Å²) in [5.74, 6) is -0.419. The highest BCUT2D eigenvalue weighted by Gasteiger charge is 2.07. The molecule has 0 aliphatic rings. The van der Waals surface area contributed by atoms with Crippen molar-refractivity contribution in [2.45, 2.75) is 20.3 Å². The molecule has 0 aliphatic carbocycles. The maximum atomic E-state index is 11.5. The van der Waals surface area contributed by atoms with E-state index in [0.29, 0.717) is 13.0 Å². The van der Waals surface area contributed by atoms with E-state index in [1.165, 1.54) is 0 Å². The number of ether oxygens (including phenoxy) is 1. The van der Waals surface area contributed by atoms with E-state index in [2.05, 4.69) is 15.5 Å². The third-order valence-electron chi connectivity index (χ3n) is 3.03. The first-order chi connectivity index (χ1) is 10.7. The molecular formula is C17H19N3O2. The monoisotopic (exact) mass is 297 g/mol. The summed E-state index contributed by atoms with van der Waals surface area (Å²) < 4.78 is 4.90. The predicted molar refractivity (Wildman–Crippen MR) is 86.8 cm³/mol. The van der Waals surface area contributed by atoms with E-state index in [0.717, 1.165) is 16.9 Å². The molecule has 1 aromatic carbocycles. The molecular weight excluding hydrogens is 278 g/mol. The van der Waals surface area contributed by atoms with Crippen LogP contribution in [0.1, 0.15) is 25.1 Å². The lowest BCUT2D eigenvalue weighted by molar-refractivity contribution is -0.135. The van der Waals surface area contributed by atoms with E-state index < -0.39 is 5.97 Å². The number of hydrogen-bond acceptors (Lipinski definition) is 5. The van der Waals surface area contributed by atoms with Crippen LogP contribution in [0, 0.1) is 0 Å². The van der Waals surface area contributed by atoms with Crippen molar-refractivity contribution in [3.63, 3.8) is 0 Å². The fraction of sp³-hybridized carbons (Fsp3) is 0.235. The molecule has 0 fully saturated rings. The van der Waals surface area contributed by atoms with Crippen molar-refractivity contribution in [2.75, 3.05) is 12.0 Å². The van der Waals surface area contributed by atoms with E-state index >= 15 is 0 Å². The minimum Gasteiger partial charge on any atom is -0.461 e. The minimum absolute atomic E-state index is 0.287. The molecule has 2 rings (SSSR count). The van der Waals surface area contributed by atoms with Crippen molar-refractivity contribution in [2.24, 2.45) is 5.10 Å². The number of aromatic nitrogens is 1. The Morgan fingerprint density at radius 3 is 2.73 bits per heavy atom. The maximum absolute atomic E-state index is 11.5. The van der Waals surface area contributed by atoms with Crippen molar-refractivity contribution < 1.29 is 9.53 Å². The molecule has 2 aromatic rings. The lowest BCUT2D eigenvalue weighted by atomic mass is 10.1. The summed E-state index contributed by atoms with van der Waals surface area (Å²) in [6, 6.07) is 13.6. The van der Waals surface area contributed by atoms with E-state index in [9.17, 15) is 4.79 Å². The Bertz CT molecular complexity index is 654. The van der Waals surface area contributed by atoms with Crippen LogP contribution in [-0.4, -0.2) is 23.3 Å². The number of esters is 1. The third-order valence-corrected chi connectivity index (χ3v) is 3.03. The van der Waals surface area contributed by atoms with Crippen molar-refractivity contribution in [1.29, 1.82) is 0 Å². The number of hydrazone groups is 1. The number of para-hydroxylation sites is 1. The fourth-order valence-corrected chi connectivity index (χ4v) is 1.91. The Labute approximate surface area is 130 Å². The van der Waals surface area contributed by atoms with Gasteiger partial charge in [0.15, 0.2) is 0 Å². The molecule has 5 heteroatoms. The first-order valence-corrected chi connectivity index (χ1v) is 7.16. The number of hydrogen-bond donors (Lipinski definition) is 1. The number of rotatable bonds is 6. The maximum Gasteiger partial charge on any atom is 0.354 e. The molecule has 0 amide bonds. The van der Waals surface area contributed by atoms with Gasteiger partial charge in [-0.1, -0.05) is 24.3 Å². The van der Waals surface area contributed by atoms with Gasteiger partial charge in [-0.3, -0.25) is 10.4 Å². The van der Waals surface area contributed by atoms with Crippen LogP contribution in [0.4, 0.5) is 5.69 Å². The van der Waals surface area contributed by atoms with Crippen molar-refractivity contribution >= 4 is 17.4 Å². The molecule has 0 saturated carbocycles. The van der Waals surface area contributed by atoms with E-state index in [-0.39, 0.29) is 5.71 Å². The van der Waals surface area contributed by atoms with Crippen LogP contribution in [0.3, 0.4) is 0 Å². The number of carbonyl (C=O) groups excluding carboxylic acids is 1. The van der Waals surface area contributed by atoms with E-state index in [4.69, 9.17) is 4.74 Å². The quantitative estimate of drug-likeness (QED) is 0.506. The highest BCUT2D eigenvalue weighted by Crippen LogP contribution is 2.18. The van der Waals surface area contributed by atoms with Crippen molar-refractivity contribution in [3.8, 4) is 0 Å². The second-order valence-corrected chi connectivity index (χ2v) is 4.68. The third kappa shape index (κ3) is 4.41. The zero-order valence-electron chi connectivity index (χ0n) is 12.7. The molecule has 1 N–H and O–H groups in total. The van der Waals surface area contributed by atoms with Gasteiger partial charge in [-0.2, -0.15) is 5.10 Å². The normalized spacial score (nSPS) is 11.1. The van der Waals surface area contributed by atoms with Crippen molar-refractivity contribution in [3.05, 3.63) is 59.9 Å². The lowest BCUT2D eigenvalue weighted by Crippen LogP contribution is -2.15. The standard InChI is InChI=1S/C17H19N3O2/c1-3-22-17(21)13(2)19-20-16-10-5-4-8-14(16)12-15-9-6-7-11-18-15/h4-11,20H,3,12H2,1-2H3/b19-13+. The molecule has 0 unspecified atom stereocenters. The zero-order valence-corrected chi connectivity index (χ0v) is 12.7. The summed E-state index contributed by atoms with van der Waals surface area (Å²) in [4.78, 5) is 15.9. The van der Waals surface area contributed by atoms with Gasteiger partial charge in [0.25, 0.3) is 0 Å². The highest BCUT2D eigenvalue weighted by molar-refractivity contribution is 6.35. The van der Waals surface area contributed by atoms with Gasteiger partial charge in [-0.05, 0) is 37.6 Å². The molecule has 1 heterocycles. The van der Waals surface area contributed by atoms with Crippen LogP contribution in [0.15, 0.2) is 53.8 Å². The van der Waals surface area contributed by atoms with Gasteiger partial charge >= 0.3 is 5.97 Å². The summed E-state index contributed by atoms with van der Waals surface area (Å²) in [7, 11) is 0. The molecule has 114 valence electrons. The second-order valence-electron chi connectivity index (χ2n) is 4.68. The molecule has 0 spiro atoms. The SMILES string of the molecule is CCOC(=O)/C(C)=N/Nc1ccccc1Cc1ccccn1. The van der Waals surface area contributed by atoms with Crippen LogP contribution < -0.4 is 5.43 Å². The largest absolute Gasteiger partial charge is 0.461 e. The first kappa shape index (κ1) is 15.7. The van der Waals surface area contributed by atoms with Crippen LogP contribution in [0.2, 0.25) is 0 Å². The van der Waals surface area contributed by atoms with Gasteiger partial charge in [-0.25, -0.2) is 4.79 Å². The van der Waals surface area contributed by atoms with Crippen LogP contribution in [0.5, 0.6) is 0 Å². The molecule has 1 aromatic heterocycles. The molecule has 0 atom stereocenters. The smallest absolute Gasteiger partial charge is 0.354 e. The van der Waals surface area contributed by atoms with Gasteiger partial charge in [0, 0.05) is 18.3 Å². The van der Waals surface area contributed by atoms with Crippen LogP contribution in [0.25, 0.3) is 0 Å². The number of nitrogens with zero attached hydrogens (tertiary/aromatic N) is 2. The lowest BCUT2D eigenvalue weighted by Gasteiger charge is -2.09. The Balaban J connectivity index is 2.12. The van der Waals surface area contributed by atoms with Crippen LogP contribution >= 0.6 is 0 Å². The molecule has 0 bridgehead atoms. The number of benzene rings is 1. The molecule has 22 heavy (non-hydrogen) atoms. The average molecular weight is 297 g/mol. The number of anilines is 1. The van der Waals surface area contributed by atoms with E-state index in [1.54, 1.807) is 20.0 Å². The molecule has 0 radical (unpaired) electrons. The number of nitrogens with one attached hydrogen (secondary N) is 1. The summed E-state index contributed by atoms with van der Waals surface area (Å²) in [5.41, 5.74) is 6.09. The Morgan fingerprint density at radius 1 is 1.23 bits per heavy atom. The van der Waals surface area contributed by atoms with Gasteiger partial charge in [0.05, 0.1) is 12.3 Å². The Hall–Kier alpha value is -2.69. The van der Waals surface area contributed by atoms with E-state index in [1.807, 2.05) is 42.5 Å². The Morgan fingerprint density at radius 2 is 2.00 bits per heavy atom. The fourth-order valence-electron chi connectivity index (χ4n) is 1.91. The average Bonchev–Trinajstić information content (AvgIpc) is 2.55. The summed E-state index contributed by atoms with van der Waals surface area (Å²) in [6.07, 6.45) is 2.46. The van der Waals surface area contributed by atoms with Gasteiger partial charge in [0.1, 0.15) is 5.71 Å². The van der Waals surface area contributed by atoms with Crippen LogP contribution in [-0.2, 0) is 16.0 Å². The van der Waals surface area contributed by atoms with Gasteiger partial charge < -0.3 is 4.74 Å². The molecule has 0 saturated heterocycles. The van der Waals surface area contributed by atoms with Gasteiger partial charge in [0.2, 0.25) is 0 Å². The number of pyridine rings is 1. The zero-order chi connectivity index (χ0) is 15.8. The summed E-state index contributed by atoms with van der Waals surface area (Å²) in [6.45, 7) is 3.72. The topological polar surface area (TPSA) is 63.6 Å². The molecule has 5 nitrogen and oxygen atoms in total. The van der Waals surface area contributed by atoms with Gasteiger partial charge in [-0.15, -0.1) is 0 Å². The molecule has 0 aliphatic heterocycles. The highest BCUT2D eigenvalue weighted by atomic mass is 16.5. The first-order valence-electron chi connectivity index (χ1n) is 7.16. The summed E-state index contributed by atoms with van der Waals surface area (Å²) in [5, 5.41) is 4.09. The summed E-state index contributed by atoms with van der Waals surface area (Å²) >= 11 is 0. The number of carbonyl (C=O) groups is 1. The second kappa shape index (κ2) is 7.93.